The van der Waals surface area contributed by atoms with Gasteiger partial charge in [-0.15, -0.1) is 5.10 Å². The Kier molecular flexibility index (Phi) is 4.27. The second kappa shape index (κ2) is 6.87. The molecular formula is C19H19N5O2. The standard InChI is InChI=1S/C19H19N5O2/c1-12(2)13-3-5-14(6-4-13)21-18-10-20-24-19(23-18)22-15-7-8-16-17(9-15)26-11-25-16/h3-10,12H,11H2,1-2H3,(H2,21,22,23,24). The summed E-state index contributed by atoms with van der Waals surface area (Å²) < 4.78 is 10.7. The van der Waals surface area contributed by atoms with Crippen molar-refractivity contribution < 1.29 is 9.47 Å². The first-order valence-electron chi connectivity index (χ1n) is 8.41. The third kappa shape index (κ3) is 3.51. The highest BCUT2D eigenvalue weighted by molar-refractivity contribution is 5.62. The van der Waals surface area contributed by atoms with E-state index in [0.717, 1.165) is 17.1 Å². The van der Waals surface area contributed by atoms with Crippen LogP contribution in [0, 0.1) is 0 Å². The van der Waals surface area contributed by atoms with Gasteiger partial charge in [0, 0.05) is 17.4 Å². The molecule has 4 rings (SSSR count). The van der Waals surface area contributed by atoms with E-state index in [4.69, 9.17) is 9.47 Å². The summed E-state index contributed by atoms with van der Waals surface area (Å²) in [7, 11) is 0. The predicted octanol–water partition coefficient (Wildman–Crippen LogP) is 4.21. The van der Waals surface area contributed by atoms with Crippen molar-refractivity contribution in [3.63, 3.8) is 0 Å². The molecule has 3 aromatic rings. The third-order valence-corrected chi connectivity index (χ3v) is 4.04. The lowest BCUT2D eigenvalue weighted by atomic mass is 10.0. The number of hydrogen-bond donors (Lipinski definition) is 2. The number of nitrogens with one attached hydrogen (secondary N) is 2. The van der Waals surface area contributed by atoms with Crippen molar-refractivity contribution in [1.29, 1.82) is 0 Å². The SMILES string of the molecule is CC(C)c1ccc(Nc2cnnc(Nc3ccc4c(c3)OCO4)n2)cc1. The maximum Gasteiger partial charge on any atom is 0.249 e. The molecule has 0 bridgehead atoms. The monoisotopic (exact) mass is 349 g/mol. The summed E-state index contributed by atoms with van der Waals surface area (Å²) in [5.74, 6) is 2.94. The molecule has 26 heavy (non-hydrogen) atoms. The number of fused-ring (bicyclic) bond motifs is 1. The van der Waals surface area contributed by atoms with E-state index in [1.54, 1.807) is 6.20 Å². The first-order chi connectivity index (χ1) is 12.7. The summed E-state index contributed by atoms with van der Waals surface area (Å²) in [4.78, 5) is 4.45. The van der Waals surface area contributed by atoms with Gasteiger partial charge in [-0.05, 0) is 35.7 Å². The van der Waals surface area contributed by atoms with Gasteiger partial charge in [0.15, 0.2) is 17.3 Å². The average Bonchev–Trinajstić information content (AvgIpc) is 3.10. The van der Waals surface area contributed by atoms with Crippen molar-refractivity contribution >= 4 is 23.1 Å². The Bertz CT molecular complexity index is 912. The number of ether oxygens (including phenoxy) is 2. The molecule has 0 radical (unpaired) electrons. The molecule has 0 atom stereocenters. The van der Waals surface area contributed by atoms with Gasteiger partial charge in [-0.25, -0.2) is 0 Å². The summed E-state index contributed by atoms with van der Waals surface area (Å²) in [6.07, 6.45) is 1.58. The minimum atomic E-state index is 0.242. The lowest BCUT2D eigenvalue weighted by Crippen LogP contribution is -2.02. The molecule has 7 nitrogen and oxygen atoms in total. The zero-order valence-electron chi connectivity index (χ0n) is 14.6. The van der Waals surface area contributed by atoms with E-state index < -0.39 is 0 Å². The first kappa shape index (κ1) is 16.1. The molecule has 132 valence electrons. The second-order valence-corrected chi connectivity index (χ2v) is 6.26. The fourth-order valence-corrected chi connectivity index (χ4v) is 2.62. The molecule has 0 aliphatic carbocycles. The van der Waals surface area contributed by atoms with Crippen LogP contribution in [-0.4, -0.2) is 22.0 Å². The number of hydrogen-bond acceptors (Lipinski definition) is 7. The number of rotatable bonds is 5. The summed E-state index contributed by atoms with van der Waals surface area (Å²) >= 11 is 0. The van der Waals surface area contributed by atoms with Crippen LogP contribution in [0.2, 0.25) is 0 Å². The molecule has 0 amide bonds. The fraction of sp³-hybridized carbons (Fsp3) is 0.211. The first-order valence-corrected chi connectivity index (χ1v) is 8.41. The Balaban J connectivity index is 1.48. The highest BCUT2D eigenvalue weighted by Crippen LogP contribution is 2.34. The van der Waals surface area contributed by atoms with Gasteiger partial charge in [0.05, 0.1) is 6.20 Å². The highest BCUT2D eigenvalue weighted by atomic mass is 16.7. The summed E-state index contributed by atoms with van der Waals surface area (Å²) in [6.45, 7) is 4.58. The lowest BCUT2D eigenvalue weighted by Gasteiger charge is -2.10. The third-order valence-electron chi connectivity index (χ3n) is 4.04. The van der Waals surface area contributed by atoms with Gasteiger partial charge in [-0.1, -0.05) is 26.0 Å². The largest absolute Gasteiger partial charge is 0.454 e. The maximum absolute atomic E-state index is 5.37. The predicted molar refractivity (Wildman–Crippen MR) is 99.5 cm³/mol. The van der Waals surface area contributed by atoms with Crippen LogP contribution in [-0.2, 0) is 0 Å². The van der Waals surface area contributed by atoms with Crippen LogP contribution in [0.4, 0.5) is 23.1 Å². The number of nitrogens with zero attached hydrogens (tertiary/aromatic N) is 3. The van der Waals surface area contributed by atoms with Crippen molar-refractivity contribution in [1.82, 2.24) is 15.2 Å². The van der Waals surface area contributed by atoms with E-state index in [9.17, 15) is 0 Å². The van der Waals surface area contributed by atoms with E-state index in [2.05, 4.69) is 51.8 Å². The van der Waals surface area contributed by atoms with E-state index in [1.165, 1.54) is 5.56 Å². The Morgan fingerprint density at radius 1 is 0.923 bits per heavy atom. The number of anilines is 4. The van der Waals surface area contributed by atoms with Crippen molar-refractivity contribution in [2.75, 3.05) is 17.4 Å². The van der Waals surface area contributed by atoms with Crippen LogP contribution < -0.4 is 20.1 Å². The molecule has 2 N–H and O–H groups in total. The zero-order valence-corrected chi connectivity index (χ0v) is 14.6. The van der Waals surface area contributed by atoms with E-state index in [-0.39, 0.29) is 6.79 Å². The Hall–Kier alpha value is -3.35. The Morgan fingerprint density at radius 3 is 2.50 bits per heavy atom. The molecule has 0 fully saturated rings. The molecule has 2 heterocycles. The van der Waals surface area contributed by atoms with Crippen molar-refractivity contribution in [3.8, 4) is 11.5 Å². The summed E-state index contributed by atoms with van der Waals surface area (Å²) in [6, 6.07) is 13.8. The maximum atomic E-state index is 5.37. The van der Waals surface area contributed by atoms with Gasteiger partial charge in [0.1, 0.15) is 0 Å². The van der Waals surface area contributed by atoms with Crippen LogP contribution >= 0.6 is 0 Å². The molecule has 7 heteroatoms. The van der Waals surface area contributed by atoms with Crippen molar-refractivity contribution in [2.24, 2.45) is 0 Å². The van der Waals surface area contributed by atoms with E-state index >= 15 is 0 Å². The lowest BCUT2D eigenvalue weighted by molar-refractivity contribution is 0.174. The van der Waals surface area contributed by atoms with Gasteiger partial charge in [0.2, 0.25) is 12.7 Å². The zero-order chi connectivity index (χ0) is 17.9. The molecule has 0 unspecified atom stereocenters. The smallest absolute Gasteiger partial charge is 0.249 e. The number of benzene rings is 2. The van der Waals surface area contributed by atoms with Crippen molar-refractivity contribution in [3.05, 3.63) is 54.2 Å². The molecule has 1 aliphatic rings. The van der Waals surface area contributed by atoms with Crippen LogP contribution in [0.3, 0.4) is 0 Å². The van der Waals surface area contributed by atoms with Crippen LogP contribution in [0.5, 0.6) is 11.5 Å². The summed E-state index contributed by atoms with van der Waals surface area (Å²) in [5, 5.41) is 14.4. The minimum absolute atomic E-state index is 0.242. The number of aromatic nitrogens is 3. The second-order valence-electron chi connectivity index (χ2n) is 6.26. The van der Waals surface area contributed by atoms with Gasteiger partial charge in [-0.2, -0.15) is 10.1 Å². The quantitative estimate of drug-likeness (QED) is 0.714. The summed E-state index contributed by atoms with van der Waals surface area (Å²) in [5.41, 5.74) is 3.04. The fourth-order valence-electron chi connectivity index (χ4n) is 2.62. The van der Waals surface area contributed by atoms with Gasteiger partial charge in [0.25, 0.3) is 0 Å². The molecule has 0 spiro atoms. The normalized spacial score (nSPS) is 12.3. The van der Waals surface area contributed by atoms with Crippen LogP contribution in [0.1, 0.15) is 25.3 Å². The molecule has 2 aromatic carbocycles. The van der Waals surface area contributed by atoms with E-state index in [0.29, 0.717) is 23.4 Å². The Morgan fingerprint density at radius 2 is 1.69 bits per heavy atom. The topological polar surface area (TPSA) is 81.2 Å². The van der Waals surface area contributed by atoms with Gasteiger partial charge >= 0.3 is 0 Å². The Labute approximate surface area is 151 Å². The molecular weight excluding hydrogens is 330 g/mol. The van der Waals surface area contributed by atoms with E-state index in [1.807, 2.05) is 30.3 Å². The molecule has 1 aliphatic heterocycles. The van der Waals surface area contributed by atoms with Crippen molar-refractivity contribution in [2.45, 2.75) is 19.8 Å². The average molecular weight is 349 g/mol. The molecule has 0 saturated carbocycles. The van der Waals surface area contributed by atoms with Crippen LogP contribution in [0.15, 0.2) is 48.7 Å². The molecule has 1 aromatic heterocycles. The minimum Gasteiger partial charge on any atom is -0.454 e. The van der Waals surface area contributed by atoms with Gasteiger partial charge < -0.3 is 20.1 Å². The van der Waals surface area contributed by atoms with Gasteiger partial charge in [-0.3, -0.25) is 0 Å². The molecule has 0 saturated heterocycles. The highest BCUT2D eigenvalue weighted by Gasteiger charge is 2.13. The van der Waals surface area contributed by atoms with Crippen LogP contribution in [0.25, 0.3) is 0 Å².